The average Bonchev–Trinajstić information content (AvgIpc) is 3.19. The fraction of sp³-hybridized carbons (Fsp3) is 0.429. The number of hydrogen-bond acceptors (Lipinski definition) is 5. The number of carbonyl (C=O) groups is 1. The minimum absolute atomic E-state index is 0.0483. The summed E-state index contributed by atoms with van der Waals surface area (Å²) in [4.78, 5) is 12.0. The van der Waals surface area contributed by atoms with Crippen molar-refractivity contribution < 1.29 is 4.79 Å². The highest BCUT2D eigenvalue weighted by atomic mass is 16.1. The quantitative estimate of drug-likeness (QED) is 0.767. The number of aromatic amines is 1. The molecule has 110 valence electrons. The second kappa shape index (κ2) is 6.45. The van der Waals surface area contributed by atoms with Crippen LogP contribution < -0.4 is 10.6 Å². The molecule has 0 radical (unpaired) electrons. The molecule has 0 spiro atoms. The van der Waals surface area contributed by atoms with Crippen LogP contribution in [0.5, 0.6) is 0 Å². The molecule has 21 heavy (non-hydrogen) atoms. The molecule has 1 atom stereocenters. The van der Waals surface area contributed by atoms with Gasteiger partial charge in [-0.2, -0.15) is 5.21 Å². The third-order valence-electron chi connectivity index (χ3n) is 3.69. The van der Waals surface area contributed by atoms with Crippen molar-refractivity contribution in [1.82, 2.24) is 25.9 Å². The Bertz CT molecular complexity index is 591. The third-order valence-corrected chi connectivity index (χ3v) is 3.69. The van der Waals surface area contributed by atoms with Gasteiger partial charge in [0.15, 0.2) is 0 Å². The summed E-state index contributed by atoms with van der Waals surface area (Å²) in [6, 6.07) is 7.45. The highest BCUT2D eigenvalue weighted by Gasteiger charge is 2.15. The number of nitrogens with one attached hydrogen (secondary N) is 3. The van der Waals surface area contributed by atoms with E-state index in [-0.39, 0.29) is 5.91 Å². The molecule has 1 saturated heterocycles. The van der Waals surface area contributed by atoms with Gasteiger partial charge >= 0.3 is 0 Å². The van der Waals surface area contributed by atoms with Crippen molar-refractivity contribution in [3.05, 3.63) is 24.3 Å². The zero-order valence-corrected chi connectivity index (χ0v) is 11.7. The van der Waals surface area contributed by atoms with Crippen LogP contribution in [0.3, 0.4) is 0 Å². The summed E-state index contributed by atoms with van der Waals surface area (Å²) < 4.78 is 0. The molecule has 2 aromatic rings. The lowest BCUT2D eigenvalue weighted by atomic mass is 10.0. The number of rotatable bonds is 5. The first kappa shape index (κ1) is 13.7. The largest absolute Gasteiger partial charge is 0.326 e. The molecule has 7 nitrogen and oxygen atoms in total. The van der Waals surface area contributed by atoms with Gasteiger partial charge in [0.1, 0.15) is 0 Å². The normalized spacial score (nSPS) is 17.8. The van der Waals surface area contributed by atoms with E-state index in [9.17, 15) is 4.79 Å². The third kappa shape index (κ3) is 3.63. The molecule has 1 unspecified atom stereocenters. The number of nitrogens with zero attached hydrogens (tertiary/aromatic N) is 3. The number of aromatic nitrogens is 4. The summed E-state index contributed by atoms with van der Waals surface area (Å²) in [6.07, 6.45) is 2.66. The molecule has 1 aliphatic rings. The Morgan fingerprint density at radius 1 is 1.43 bits per heavy atom. The molecule has 1 amide bonds. The summed E-state index contributed by atoms with van der Waals surface area (Å²) in [5.41, 5.74) is 1.58. The second-order valence-corrected chi connectivity index (χ2v) is 5.26. The van der Waals surface area contributed by atoms with Crippen molar-refractivity contribution in [2.75, 3.05) is 18.4 Å². The van der Waals surface area contributed by atoms with Crippen molar-refractivity contribution in [2.24, 2.45) is 5.92 Å². The number of anilines is 1. The van der Waals surface area contributed by atoms with Crippen molar-refractivity contribution in [3.63, 3.8) is 0 Å². The second-order valence-electron chi connectivity index (χ2n) is 5.26. The molecule has 7 heteroatoms. The predicted molar refractivity (Wildman–Crippen MR) is 78.5 cm³/mol. The number of tetrazole rings is 1. The van der Waals surface area contributed by atoms with E-state index in [0.29, 0.717) is 18.2 Å². The first-order valence-electron chi connectivity index (χ1n) is 7.16. The van der Waals surface area contributed by atoms with Gasteiger partial charge < -0.3 is 10.6 Å². The number of hydrogen-bond donors (Lipinski definition) is 3. The van der Waals surface area contributed by atoms with Crippen LogP contribution in [0.25, 0.3) is 11.4 Å². The molecule has 1 aliphatic heterocycles. The number of benzene rings is 1. The van der Waals surface area contributed by atoms with E-state index in [1.54, 1.807) is 0 Å². The predicted octanol–water partition coefficient (Wildman–Crippen LogP) is 1.19. The first-order valence-corrected chi connectivity index (χ1v) is 7.16. The summed E-state index contributed by atoms with van der Waals surface area (Å²) in [6.45, 7) is 2.10. The van der Waals surface area contributed by atoms with Crippen molar-refractivity contribution in [1.29, 1.82) is 0 Å². The highest BCUT2D eigenvalue weighted by molar-refractivity contribution is 5.91. The molecular formula is C14H18N6O. The zero-order valence-electron chi connectivity index (χ0n) is 11.7. The Hall–Kier alpha value is -2.28. The molecule has 0 saturated carbocycles. The van der Waals surface area contributed by atoms with Gasteiger partial charge in [-0.1, -0.05) is 12.1 Å². The van der Waals surface area contributed by atoms with Crippen LogP contribution in [-0.4, -0.2) is 39.6 Å². The Labute approximate surface area is 122 Å². The molecule has 3 rings (SSSR count). The SMILES string of the molecule is O=C(CCC1CCNC1)Nc1cccc(-c2nn[nH]n2)c1. The lowest BCUT2D eigenvalue weighted by Crippen LogP contribution is -2.15. The van der Waals surface area contributed by atoms with Gasteiger partial charge in [0.25, 0.3) is 0 Å². The molecule has 3 N–H and O–H groups in total. The van der Waals surface area contributed by atoms with Gasteiger partial charge in [0.05, 0.1) is 0 Å². The van der Waals surface area contributed by atoms with Crippen molar-refractivity contribution in [2.45, 2.75) is 19.3 Å². The smallest absolute Gasteiger partial charge is 0.224 e. The Kier molecular flexibility index (Phi) is 4.20. The monoisotopic (exact) mass is 286 g/mol. The minimum atomic E-state index is 0.0483. The van der Waals surface area contributed by atoms with Crippen LogP contribution in [0.2, 0.25) is 0 Å². The van der Waals surface area contributed by atoms with E-state index in [1.165, 1.54) is 6.42 Å². The summed E-state index contributed by atoms with van der Waals surface area (Å²) >= 11 is 0. The van der Waals surface area contributed by atoms with E-state index >= 15 is 0 Å². The van der Waals surface area contributed by atoms with Crippen LogP contribution >= 0.6 is 0 Å². The van der Waals surface area contributed by atoms with E-state index in [2.05, 4.69) is 31.3 Å². The van der Waals surface area contributed by atoms with Gasteiger partial charge in [-0.25, -0.2) is 0 Å². The van der Waals surface area contributed by atoms with Crippen molar-refractivity contribution >= 4 is 11.6 Å². The van der Waals surface area contributed by atoms with E-state index in [1.807, 2.05) is 24.3 Å². The zero-order chi connectivity index (χ0) is 14.5. The van der Waals surface area contributed by atoms with Gasteiger partial charge in [0.2, 0.25) is 11.7 Å². The lowest BCUT2D eigenvalue weighted by molar-refractivity contribution is -0.116. The average molecular weight is 286 g/mol. The molecule has 1 aromatic carbocycles. The van der Waals surface area contributed by atoms with Crippen LogP contribution in [0.1, 0.15) is 19.3 Å². The molecule has 1 aromatic heterocycles. The molecular weight excluding hydrogens is 268 g/mol. The first-order chi connectivity index (χ1) is 10.3. The number of H-pyrrole nitrogens is 1. The summed E-state index contributed by atoms with van der Waals surface area (Å²) in [7, 11) is 0. The topological polar surface area (TPSA) is 95.6 Å². The molecule has 2 heterocycles. The Morgan fingerprint density at radius 2 is 2.38 bits per heavy atom. The lowest BCUT2D eigenvalue weighted by Gasteiger charge is -2.09. The van der Waals surface area contributed by atoms with Crippen LogP contribution in [-0.2, 0) is 4.79 Å². The molecule has 1 fully saturated rings. The standard InChI is InChI=1S/C14H18N6O/c21-13(5-4-10-6-7-15-9-10)16-12-3-1-2-11(8-12)14-17-19-20-18-14/h1-3,8,10,15H,4-7,9H2,(H,16,21)(H,17,18,19,20). The maximum Gasteiger partial charge on any atom is 0.224 e. The Morgan fingerprint density at radius 3 is 3.14 bits per heavy atom. The Balaban J connectivity index is 1.56. The van der Waals surface area contributed by atoms with Gasteiger partial charge in [-0.15, -0.1) is 10.2 Å². The molecule has 0 bridgehead atoms. The number of carbonyl (C=O) groups excluding carboxylic acids is 1. The minimum Gasteiger partial charge on any atom is -0.326 e. The van der Waals surface area contributed by atoms with E-state index in [4.69, 9.17) is 0 Å². The maximum absolute atomic E-state index is 12.0. The van der Waals surface area contributed by atoms with Gasteiger partial charge in [-0.05, 0) is 49.2 Å². The van der Waals surface area contributed by atoms with Crippen LogP contribution in [0.4, 0.5) is 5.69 Å². The summed E-state index contributed by atoms with van der Waals surface area (Å²) in [5.74, 6) is 1.19. The van der Waals surface area contributed by atoms with Gasteiger partial charge in [-0.3, -0.25) is 4.79 Å². The number of amides is 1. The van der Waals surface area contributed by atoms with Gasteiger partial charge in [0, 0.05) is 17.7 Å². The maximum atomic E-state index is 12.0. The summed E-state index contributed by atoms with van der Waals surface area (Å²) in [5, 5.41) is 20.0. The van der Waals surface area contributed by atoms with Crippen LogP contribution in [0, 0.1) is 5.92 Å². The van der Waals surface area contributed by atoms with E-state index < -0.39 is 0 Å². The fourth-order valence-electron chi connectivity index (χ4n) is 2.54. The van der Waals surface area contributed by atoms with Crippen LogP contribution in [0.15, 0.2) is 24.3 Å². The van der Waals surface area contributed by atoms with E-state index in [0.717, 1.165) is 30.8 Å². The van der Waals surface area contributed by atoms with Crippen molar-refractivity contribution in [3.8, 4) is 11.4 Å². The molecule has 0 aliphatic carbocycles. The fourth-order valence-corrected chi connectivity index (χ4v) is 2.54. The highest BCUT2D eigenvalue weighted by Crippen LogP contribution is 2.19.